The summed E-state index contributed by atoms with van der Waals surface area (Å²) < 4.78 is 5.42. The van der Waals surface area contributed by atoms with E-state index in [0.717, 1.165) is 0 Å². The second kappa shape index (κ2) is 5.22. The SMILES string of the molecule is CC(C)NC(=O)CCOC(C)(C)C. The van der Waals surface area contributed by atoms with E-state index in [2.05, 4.69) is 5.32 Å². The number of rotatable bonds is 4. The summed E-state index contributed by atoms with van der Waals surface area (Å²) in [6.45, 7) is 10.3. The monoisotopic (exact) mass is 187 g/mol. The Balaban J connectivity index is 3.49. The number of amides is 1. The highest BCUT2D eigenvalue weighted by Crippen LogP contribution is 2.06. The molecule has 0 fully saturated rings. The Morgan fingerprint density at radius 3 is 2.31 bits per heavy atom. The van der Waals surface area contributed by atoms with Crippen molar-refractivity contribution in [1.82, 2.24) is 5.32 Å². The molecule has 0 aromatic heterocycles. The molecule has 0 unspecified atom stereocenters. The van der Waals surface area contributed by atoms with E-state index in [0.29, 0.717) is 13.0 Å². The van der Waals surface area contributed by atoms with Crippen LogP contribution in [0.25, 0.3) is 0 Å². The summed E-state index contributed by atoms with van der Waals surface area (Å²) in [5, 5.41) is 2.81. The molecule has 0 aliphatic heterocycles. The van der Waals surface area contributed by atoms with E-state index in [4.69, 9.17) is 4.74 Å². The van der Waals surface area contributed by atoms with E-state index in [9.17, 15) is 4.79 Å². The lowest BCUT2D eigenvalue weighted by atomic mass is 10.2. The molecule has 1 amide bonds. The number of carbonyl (C=O) groups excluding carboxylic acids is 1. The number of nitrogens with one attached hydrogen (secondary N) is 1. The lowest BCUT2D eigenvalue weighted by Crippen LogP contribution is -2.31. The van der Waals surface area contributed by atoms with Crippen LogP contribution in [0.3, 0.4) is 0 Å². The van der Waals surface area contributed by atoms with Gasteiger partial charge in [-0.2, -0.15) is 0 Å². The fraction of sp³-hybridized carbons (Fsp3) is 0.900. The van der Waals surface area contributed by atoms with Crippen LogP contribution in [0.2, 0.25) is 0 Å². The number of ether oxygens (including phenoxy) is 1. The topological polar surface area (TPSA) is 38.3 Å². The van der Waals surface area contributed by atoms with Gasteiger partial charge in [-0.05, 0) is 34.6 Å². The van der Waals surface area contributed by atoms with Crippen LogP contribution < -0.4 is 5.32 Å². The fourth-order valence-corrected chi connectivity index (χ4v) is 0.844. The minimum Gasteiger partial charge on any atom is -0.375 e. The normalized spacial score (nSPS) is 11.8. The number of carbonyl (C=O) groups is 1. The number of hydrogen-bond donors (Lipinski definition) is 1. The molecule has 0 atom stereocenters. The van der Waals surface area contributed by atoms with Gasteiger partial charge in [0.15, 0.2) is 0 Å². The molecule has 0 heterocycles. The van der Waals surface area contributed by atoms with Gasteiger partial charge < -0.3 is 10.1 Å². The van der Waals surface area contributed by atoms with Crippen LogP contribution in [-0.4, -0.2) is 24.2 Å². The molecule has 0 spiro atoms. The molecular formula is C10H21NO2. The van der Waals surface area contributed by atoms with Crippen molar-refractivity contribution in [2.45, 2.75) is 52.7 Å². The Kier molecular flexibility index (Phi) is 4.99. The van der Waals surface area contributed by atoms with Gasteiger partial charge in [0, 0.05) is 12.5 Å². The smallest absolute Gasteiger partial charge is 0.222 e. The minimum absolute atomic E-state index is 0.0549. The van der Waals surface area contributed by atoms with Gasteiger partial charge in [0.2, 0.25) is 5.91 Å². The molecule has 0 saturated carbocycles. The molecule has 0 aliphatic carbocycles. The first-order valence-electron chi connectivity index (χ1n) is 4.74. The Labute approximate surface area is 80.8 Å². The molecular weight excluding hydrogens is 166 g/mol. The Hall–Kier alpha value is -0.570. The largest absolute Gasteiger partial charge is 0.375 e. The van der Waals surface area contributed by atoms with E-state index >= 15 is 0 Å². The lowest BCUT2D eigenvalue weighted by molar-refractivity contribution is -0.123. The highest BCUT2D eigenvalue weighted by molar-refractivity contribution is 5.76. The van der Waals surface area contributed by atoms with E-state index < -0.39 is 0 Å². The van der Waals surface area contributed by atoms with Crippen LogP contribution in [0.15, 0.2) is 0 Å². The molecule has 0 saturated heterocycles. The van der Waals surface area contributed by atoms with Gasteiger partial charge in [-0.15, -0.1) is 0 Å². The van der Waals surface area contributed by atoms with Crippen molar-refractivity contribution in [1.29, 1.82) is 0 Å². The van der Waals surface area contributed by atoms with Gasteiger partial charge in [-0.25, -0.2) is 0 Å². The van der Waals surface area contributed by atoms with E-state index in [1.54, 1.807) is 0 Å². The maximum absolute atomic E-state index is 11.1. The maximum Gasteiger partial charge on any atom is 0.222 e. The second-order valence-electron chi connectivity index (χ2n) is 4.43. The highest BCUT2D eigenvalue weighted by atomic mass is 16.5. The van der Waals surface area contributed by atoms with Crippen molar-refractivity contribution in [3.63, 3.8) is 0 Å². The standard InChI is InChI=1S/C10H21NO2/c1-8(2)11-9(12)6-7-13-10(3,4)5/h8H,6-7H2,1-5H3,(H,11,12). The van der Waals surface area contributed by atoms with Gasteiger partial charge in [0.25, 0.3) is 0 Å². The van der Waals surface area contributed by atoms with E-state index in [-0.39, 0.29) is 17.6 Å². The summed E-state index contributed by atoms with van der Waals surface area (Å²) in [6, 6.07) is 0.210. The molecule has 1 N–H and O–H groups in total. The number of hydrogen-bond acceptors (Lipinski definition) is 2. The third-order valence-electron chi connectivity index (χ3n) is 1.31. The minimum atomic E-state index is -0.155. The Bertz CT molecular complexity index is 159. The predicted octanol–water partition coefficient (Wildman–Crippen LogP) is 1.72. The molecule has 0 radical (unpaired) electrons. The van der Waals surface area contributed by atoms with Crippen LogP contribution in [0.5, 0.6) is 0 Å². The van der Waals surface area contributed by atoms with Crippen LogP contribution in [0.1, 0.15) is 41.0 Å². The van der Waals surface area contributed by atoms with Crippen molar-refractivity contribution in [2.75, 3.05) is 6.61 Å². The van der Waals surface area contributed by atoms with Gasteiger partial charge in [0.1, 0.15) is 0 Å². The third kappa shape index (κ3) is 9.34. The average molecular weight is 187 g/mol. The summed E-state index contributed by atoms with van der Waals surface area (Å²) >= 11 is 0. The maximum atomic E-state index is 11.1. The van der Waals surface area contributed by atoms with Crippen LogP contribution >= 0.6 is 0 Å². The summed E-state index contributed by atoms with van der Waals surface area (Å²) in [7, 11) is 0. The molecule has 0 rings (SSSR count). The summed E-state index contributed by atoms with van der Waals surface area (Å²) in [5.41, 5.74) is -0.155. The predicted molar refractivity (Wildman–Crippen MR) is 53.6 cm³/mol. The van der Waals surface area contributed by atoms with Gasteiger partial charge in [0.05, 0.1) is 12.2 Å². The first-order chi connectivity index (χ1) is 5.81. The Morgan fingerprint density at radius 2 is 1.92 bits per heavy atom. The molecule has 0 bridgehead atoms. The highest BCUT2D eigenvalue weighted by Gasteiger charge is 2.11. The van der Waals surface area contributed by atoms with E-state index in [1.807, 2.05) is 34.6 Å². The molecule has 3 heteroatoms. The van der Waals surface area contributed by atoms with Crippen molar-refractivity contribution < 1.29 is 9.53 Å². The zero-order valence-corrected chi connectivity index (χ0v) is 9.31. The van der Waals surface area contributed by atoms with Crippen molar-refractivity contribution in [2.24, 2.45) is 0 Å². The molecule has 78 valence electrons. The van der Waals surface area contributed by atoms with Crippen LogP contribution in [0.4, 0.5) is 0 Å². The first-order valence-corrected chi connectivity index (χ1v) is 4.74. The van der Waals surface area contributed by atoms with Crippen LogP contribution in [-0.2, 0) is 9.53 Å². The summed E-state index contributed by atoms with van der Waals surface area (Å²) in [5.74, 6) is 0.0549. The van der Waals surface area contributed by atoms with Crippen LogP contribution in [0, 0.1) is 0 Å². The average Bonchev–Trinajstić information content (AvgIpc) is 1.81. The van der Waals surface area contributed by atoms with Gasteiger partial charge in [-0.3, -0.25) is 4.79 Å². The molecule has 3 nitrogen and oxygen atoms in total. The zero-order chi connectivity index (χ0) is 10.5. The van der Waals surface area contributed by atoms with Crippen molar-refractivity contribution >= 4 is 5.91 Å². The van der Waals surface area contributed by atoms with Crippen molar-refractivity contribution in [3.05, 3.63) is 0 Å². The first kappa shape index (κ1) is 12.4. The zero-order valence-electron chi connectivity index (χ0n) is 9.31. The molecule has 0 aromatic rings. The quantitative estimate of drug-likeness (QED) is 0.727. The molecule has 13 heavy (non-hydrogen) atoms. The fourth-order valence-electron chi connectivity index (χ4n) is 0.844. The molecule has 0 aromatic carbocycles. The third-order valence-corrected chi connectivity index (χ3v) is 1.31. The summed E-state index contributed by atoms with van der Waals surface area (Å²) in [6.07, 6.45) is 0.440. The Morgan fingerprint density at radius 1 is 1.38 bits per heavy atom. The summed E-state index contributed by atoms with van der Waals surface area (Å²) in [4.78, 5) is 11.1. The van der Waals surface area contributed by atoms with E-state index in [1.165, 1.54) is 0 Å². The molecule has 0 aliphatic rings. The van der Waals surface area contributed by atoms with Gasteiger partial charge in [-0.1, -0.05) is 0 Å². The second-order valence-corrected chi connectivity index (χ2v) is 4.43. The lowest BCUT2D eigenvalue weighted by Gasteiger charge is -2.19. The van der Waals surface area contributed by atoms with Crippen molar-refractivity contribution in [3.8, 4) is 0 Å². The van der Waals surface area contributed by atoms with Gasteiger partial charge >= 0.3 is 0 Å².